The predicted octanol–water partition coefficient (Wildman–Crippen LogP) is 3.24. The van der Waals surface area contributed by atoms with Crippen molar-refractivity contribution in [2.45, 2.75) is 38.1 Å². The molecule has 1 aromatic rings. The lowest BCUT2D eigenvalue weighted by Crippen LogP contribution is -2.22. The maximum Gasteiger partial charge on any atom is 0.0863 e. The van der Waals surface area contributed by atoms with Gasteiger partial charge in [-0.3, -0.25) is 4.68 Å². The monoisotopic (exact) mass is 321 g/mol. The second-order valence-corrected chi connectivity index (χ2v) is 6.43. The Morgan fingerprint density at radius 1 is 1.53 bits per heavy atom. The van der Waals surface area contributed by atoms with Crippen molar-refractivity contribution < 1.29 is 0 Å². The molecule has 0 bridgehead atoms. The summed E-state index contributed by atoms with van der Waals surface area (Å²) < 4.78 is 1.90. The first-order valence-corrected chi connectivity index (χ1v) is 7.27. The molecule has 0 saturated carbocycles. The van der Waals surface area contributed by atoms with Gasteiger partial charge in [-0.05, 0) is 26.4 Å². The predicted molar refractivity (Wildman–Crippen MR) is 76.9 cm³/mol. The van der Waals surface area contributed by atoms with Gasteiger partial charge in [0.2, 0.25) is 0 Å². The van der Waals surface area contributed by atoms with Gasteiger partial charge in [-0.1, -0.05) is 41.4 Å². The van der Waals surface area contributed by atoms with Gasteiger partial charge in [-0.15, -0.1) is 0 Å². The fourth-order valence-corrected chi connectivity index (χ4v) is 2.28. The summed E-state index contributed by atoms with van der Waals surface area (Å²) in [6, 6.07) is 0. The summed E-state index contributed by atoms with van der Waals surface area (Å²) in [5.74, 6) is 0. The van der Waals surface area contributed by atoms with Crippen LogP contribution >= 0.6 is 27.5 Å². The van der Waals surface area contributed by atoms with Crippen LogP contribution in [0.3, 0.4) is 0 Å². The van der Waals surface area contributed by atoms with Crippen molar-refractivity contribution in [3.8, 4) is 0 Å². The van der Waals surface area contributed by atoms with Crippen molar-refractivity contribution >= 4 is 27.5 Å². The highest BCUT2D eigenvalue weighted by atomic mass is 79.9. The molecule has 1 atom stereocenters. The summed E-state index contributed by atoms with van der Waals surface area (Å²) in [4.78, 5) is 2.83. The molecule has 17 heavy (non-hydrogen) atoms. The maximum absolute atomic E-state index is 6.32. The van der Waals surface area contributed by atoms with Gasteiger partial charge < -0.3 is 4.90 Å². The molecule has 0 radical (unpaired) electrons. The first-order valence-electron chi connectivity index (χ1n) is 5.98. The van der Waals surface area contributed by atoms with Crippen LogP contribution in [0, 0.1) is 0 Å². The Balaban J connectivity index is 2.64. The second kappa shape index (κ2) is 6.76. The van der Waals surface area contributed by atoms with Crippen molar-refractivity contribution in [3.05, 3.63) is 16.4 Å². The van der Waals surface area contributed by atoms with Crippen LogP contribution in [0.15, 0.2) is 0 Å². The van der Waals surface area contributed by atoms with Crippen molar-refractivity contribution in [3.63, 3.8) is 0 Å². The number of nitrogens with zero attached hydrogens (tertiary/aromatic N) is 3. The van der Waals surface area contributed by atoms with E-state index in [4.69, 9.17) is 11.6 Å². The molecule has 1 heterocycles. The van der Waals surface area contributed by atoms with Crippen LogP contribution in [0.4, 0.5) is 0 Å². The molecule has 1 unspecified atom stereocenters. The molecule has 0 aromatic carbocycles. The average molecular weight is 323 g/mol. The van der Waals surface area contributed by atoms with E-state index in [1.54, 1.807) is 0 Å². The highest BCUT2D eigenvalue weighted by Crippen LogP contribution is 2.22. The molecule has 0 spiro atoms. The Bertz CT molecular complexity index is 363. The summed E-state index contributed by atoms with van der Waals surface area (Å²) in [6.45, 7) is 6.14. The molecule has 0 aliphatic heterocycles. The first-order chi connectivity index (χ1) is 7.95. The van der Waals surface area contributed by atoms with Gasteiger partial charge in [-0.2, -0.15) is 5.10 Å². The Morgan fingerprint density at radius 3 is 2.65 bits per heavy atom. The number of halogens is 2. The lowest BCUT2D eigenvalue weighted by Gasteiger charge is -2.17. The lowest BCUT2D eigenvalue weighted by atomic mass is 10.2. The van der Waals surface area contributed by atoms with Crippen LogP contribution in [-0.2, 0) is 20.0 Å². The zero-order valence-corrected chi connectivity index (χ0v) is 13.3. The van der Waals surface area contributed by atoms with Crippen LogP contribution in [0.25, 0.3) is 0 Å². The molecular weight excluding hydrogens is 302 g/mol. The van der Waals surface area contributed by atoms with Gasteiger partial charge in [0, 0.05) is 18.4 Å². The topological polar surface area (TPSA) is 21.1 Å². The average Bonchev–Trinajstić information content (AvgIpc) is 2.53. The van der Waals surface area contributed by atoms with Crippen LogP contribution in [0.2, 0.25) is 5.02 Å². The second-order valence-electron chi connectivity index (χ2n) is 4.49. The van der Waals surface area contributed by atoms with Crippen molar-refractivity contribution in [1.29, 1.82) is 0 Å². The minimum absolute atomic E-state index is 0.554. The third-order valence-electron chi connectivity index (χ3n) is 2.83. The Hall–Kier alpha value is -0.0600. The lowest BCUT2D eigenvalue weighted by molar-refractivity contribution is 0.313. The summed E-state index contributed by atoms with van der Waals surface area (Å²) in [6.07, 6.45) is 2.02. The van der Waals surface area contributed by atoms with Crippen LogP contribution in [0.1, 0.15) is 31.7 Å². The van der Waals surface area contributed by atoms with Crippen LogP contribution in [-0.4, -0.2) is 33.1 Å². The molecule has 98 valence electrons. The molecule has 0 saturated heterocycles. The van der Waals surface area contributed by atoms with E-state index in [2.05, 4.69) is 46.8 Å². The van der Waals surface area contributed by atoms with Gasteiger partial charge in [0.15, 0.2) is 0 Å². The molecule has 3 nitrogen and oxygen atoms in total. The molecule has 0 aliphatic carbocycles. The number of aryl methyl sites for hydroxylation is 2. The first kappa shape index (κ1) is 15.0. The van der Waals surface area contributed by atoms with Crippen molar-refractivity contribution in [2.75, 3.05) is 13.6 Å². The maximum atomic E-state index is 6.32. The Labute approximate surface area is 117 Å². The van der Waals surface area contributed by atoms with E-state index in [1.807, 2.05) is 11.7 Å². The molecule has 5 heteroatoms. The van der Waals surface area contributed by atoms with E-state index in [1.165, 1.54) is 0 Å². The number of alkyl halides is 1. The van der Waals surface area contributed by atoms with Crippen LogP contribution < -0.4 is 0 Å². The van der Waals surface area contributed by atoms with Gasteiger partial charge in [-0.25, -0.2) is 0 Å². The normalized spacial score (nSPS) is 13.4. The fourth-order valence-electron chi connectivity index (χ4n) is 1.72. The highest BCUT2D eigenvalue weighted by Gasteiger charge is 2.14. The van der Waals surface area contributed by atoms with Gasteiger partial charge in [0.1, 0.15) is 0 Å². The Kier molecular flexibility index (Phi) is 5.97. The Morgan fingerprint density at radius 2 is 2.18 bits per heavy atom. The van der Waals surface area contributed by atoms with E-state index >= 15 is 0 Å². The van der Waals surface area contributed by atoms with Gasteiger partial charge in [0.25, 0.3) is 0 Å². The third kappa shape index (κ3) is 4.27. The van der Waals surface area contributed by atoms with Gasteiger partial charge in [0.05, 0.1) is 16.4 Å². The molecule has 0 N–H and O–H groups in total. The van der Waals surface area contributed by atoms with Crippen molar-refractivity contribution in [2.24, 2.45) is 7.05 Å². The minimum atomic E-state index is 0.554. The van der Waals surface area contributed by atoms with E-state index < -0.39 is 0 Å². The molecule has 1 rings (SSSR count). The summed E-state index contributed by atoms with van der Waals surface area (Å²) in [7, 11) is 4.08. The van der Waals surface area contributed by atoms with Gasteiger partial charge >= 0.3 is 0 Å². The summed E-state index contributed by atoms with van der Waals surface area (Å²) in [5.41, 5.74) is 2.10. The molecule has 1 aromatic heterocycles. The number of rotatable bonds is 6. The molecule has 0 aliphatic rings. The van der Waals surface area contributed by atoms with Crippen molar-refractivity contribution in [1.82, 2.24) is 14.7 Å². The minimum Gasteiger partial charge on any atom is -0.300 e. The number of hydrogen-bond acceptors (Lipinski definition) is 2. The highest BCUT2D eigenvalue weighted by molar-refractivity contribution is 9.09. The molecule has 0 amide bonds. The van der Waals surface area contributed by atoms with Crippen LogP contribution in [0.5, 0.6) is 0 Å². The zero-order valence-electron chi connectivity index (χ0n) is 11.0. The molecular formula is C12H21BrClN3. The zero-order chi connectivity index (χ0) is 13.0. The summed E-state index contributed by atoms with van der Waals surface area (Å²) >= 11 is 9.88. The molecule has 0 fully saturated rings. The quantitative estimate of drug-likeness (QED) is 0.750. The number of hydrogen-bond donors (Lipinski definition) is 0. The SMILES string of the molecule is CCc1nn(C)c(CN(C)CCC(C)Br)c1Cl. The third-order valence-corrected chi connectivity index (χ3v) is 3.73. The number of aromatic nitrogens is 2. The smallest absolute Gasteiger partial charge is 0.0863 e. The van der Waals surface area contributed by atoms with E-state index in [0.29, 0.717) is 4.83 Å². The van der Waals surface area contributed by atoms with E-state index in [-0.39, 0.29) is 0 Å². The fraction of sp³-hybridized carbons (Fsp3) is 0.750. The van der Waals surface area contributed by atoms with E-state index in [9.17, 15) is 0 Å². The largest absolute Gasteiger partial charge is 0.300 e. The van der Waals surface area contributed by atoms with E-state index in [0.717, 1.165) is 42.3 Å². The standard InChI is InChI=1S/C12H21BrClN3/c1-5-10-12(14)11(17(4)15-10)8-16(3)7-6-9(2)13/h9H,5-8H2,1-4H3. The summed E-state index contributed by atoms with van der Waals surface area (Å²) in [5, 5.41) is 5.25.